The van der Waals surface area contributed by atoms with Gasteiger partial charge in [0.2, 0.25) is 0 Å². The van der Waals surface area contributed by atoms with Gasteiger partial charge in [0, 0.05) is 29.5 Å². The van der Waals surface area contributed by atoms with E-state index < -0.39 is 0 Å². The van der Waals surface area contributed by atoms with Crippen LogP contribution < -0.4 is 5.32 Å². The van der Waals surface area contributed by atoms with Gasteiger partial charge in [0.25, 0.3) is 5.91 Å². The Hall–Kier alpha value is -2.75. The van der Waals surface area contributed by atoms with Crippen LogP contribution in [0.4, 0.5) is 5.69 Å². The average Bonchev–Trinajstić information content (AvgIpc) is 2.48. The number of hydrogen-bond acceptors (Lipinski definition) is 3. The quantitative estimate of drug-likeness (QED) is 0.759. The lowest BCUT2D eigenvalue weighted by molar-refractivity contribution is 0.102. The molecule has 2 aromatic heterocycles. The lowest BCUT2D eigenvalue weighted by Crippen LogP contribution is -2.12. The molecule has 0 radical (unpaired) electrons. The Morgan fingerprint density at radius 1 is 0.947 bits per heavy atom. The van der Waals surface area contributed by atoms with Crippen LogP contribution in [0.5, 0.6) is 0 Å². The SMILES string of the molecule is O=C(Nc1cccc2cccnc12)c1ccncc1. The second kappa shape index (κ2) is 4.86. The molecular formula is C15H11N3O. The number of pyridine rings is 2. The van der Waals surface area contributed by atoms with Gasteiger partial charge in [-0.25, -0.2) is 0 Å². The van der Waals surface area contributed by atoms with Gasteiger partial charge in [-0.05, 0) is 24.3 Å². The van der Waals surface area contributed by atoms with Gasteiger partial charge in [0.1, 0.15) is 0 Å². The maximum Gasteiger partial charge on any atom is 0.255 e. The van der Waals surface area contributed by atoms with Gasteiger partial charge in [-0.2, -0.15) is 0 Å². The molecule has 0 unspecified atom stereocenters. The molecule has 1 amide bonds. The van der Waals surface area contributed by atoms with E-state index in [1.54, 1.807) is 30.7 Å². The van der Waals surface area contributed by atoms with E-state index in [0.717, 1.165) is 10.9 Å². The van der Waals surface area contributed by atoms with Crippen LogP contribution >= 0.6 is 0 Å². The topological polar surface area (TPSA) is 54.9 Å². The Balaban J connectivity index is 1.96. The number of benzene rings is 1. The molecule has 19 heavy (non-hydrogen) atoms. The van der Waals surface area contributed by atoms with Crippen molar-refractivity contribution < 1.29 is 4.79 Å². The van der Waals surface area contributed by atoms with Gasteiger partial charge in [0.15, 0.2) is 0 Å². The number of nitrogens with one attached hydrogen (secondary N) is 1. The standard InChI is InChI=1S/C15H11N3O/c19-15(12-6-9-16-10-7-12)18-13-5-1-3-11-4-2-8-17-14(11)13/h1-10H,(H,18,19). The molecule has 0 saturated carbocycles. The molecule has 0 bridgehead atoms. The highest BCUT2D eigenvalue weighted by Crippen LogP contribution is 2.21. The van der Waals surface area contributed by atoms with Crippen molar-refractivity contribution in [2.45, 2.75) is 0 Å². The number of anilines is 1. The zero-order chi connectivity index (χ0) is 13.1. The summed E-state index contributed by atoms with van der Waals surface area (Å²) in [6, 6.07) is 12.9. The van der Waals surface area contributed by atoms with E-state index in [1.807, 2.05) is 30.3 Å². The third kappa shape index (κ3) is 2.28. The van der Waals surface area contributed by atoms with Crippen molar-refractivity contribution in [2.24, 2.45) is 0 Å². The highest BCUT2D eigenvalue weighted by molar-refractivity contribution is 6.08. The van der Waals surface area contributed by atoms with Gasteiger partial charge in [-0.3, -0.25) is 14.8 Å². The minimum atomic E-state index is -0.166. The van der Waals surface area contributed by atoms with Crippen LogP contribution in [-0.4, -0.2) is 15.9 Å². The lowest BCUT2D eigenvalue weighted by Gasteiger charge is -2.07. The van der Waals surface area contributed by atoms with Crippen LogP contribution in [0.3, 0.4) is 0 Å². The van der Waals surface area contributed by atoms with Crippen LogP contribution in [0.2, 0.25) is 0 Å². The maximum absolute atomic E-state index is 12.1. The lowest BCUT2D eigenvalue weighted by atomic mass is 10.2. The number of amides is 1. The second-order valence-corrected chi connectivity index (χ2v) is 4.07. The molecule has 0 aliphatic rings. The predicted octanol–water partition coefficient (Wildman–Crippen LogP) is 2.88. The fourth-order valence-electron chi connectivity index (χ4n) is 1.90. The summed E-state index contributed by atoms with van der Waals surface area (Å²) in [4.78, 5) is 20.3. The Labute approximate surface area is 110 Å². The highest BCUT2D eigenvalue weighted by Gasteiger charge is 2.08. The molecular weight excluding hydrogens is 238 g/mol. The van der Waals surface area contributed by atoms with E-state index >= 15 is 0 Å². The largest absolute Gasteiger partial charge is 0.320 e. The van der Waals surface area contributed by atoms with E-state index in [2.05, 4.69) is 15.3 Å². The molecule has 92 valence electrons. The van der Waals surface area contributed by atoms with Crippen molar-refractivity contribution in [2.75, 3.05) is 5.32 Å². The Kier molecular flexibility index (Phi) is 2.90. The predicted molar refractivity (Wildman–Crippen MR) is 73.9 cm³/mol. The first-order valence-electron chi connectivity index (χ1n) is 5.90. The van der Waals surface area contributed by atoms with Crippen molar-refractivity contribution in [1.29, 1.82) is 0 Å². The summed E-state index contributed by atoms with van der Waals surface area (Å²) in [5.74, 6) is -0.166. The number of nitrogens with zero attached hydrogens (tertiary/aromatic N) is 2. The van der Waals surface area contributed by atoms with Crippen LogP contribution in [0.1, 0.15) is 10.4 Å². The molecule has 4 heteroatoms. The molecule has 1 aromatic carbocycles. The van der Waals surface area contributed by atoms with Crippen molar-refractivity contribution in [3.05, 3.63) is 66.6 Å². The van der Waals surface area contributed by atoms with Crippen LogP contribution in [0, 0.1) is 0 Å². The Bertz CT molecular complexity index is 720. The number of aromatic nitrogens is 2. The molecule has 0 aliphatic carbocycles. The molecule has 3 aromatic rings. The van der Waals surface area contributed by atoms with Crippen LogP contribution in [0.15, 0.2) is 61.1 Å². The van der Waals surface area contributed by atoms with Gasteiger partial charge < -0.3 is 5.32 Å². The van der Waals surface area contributed by atoms with Crippen molar-refractivity contribution >= 4 is 22.5 Å². The van der Waals surface area contributed by atoms with Gasteiger partial charge in [-0.15, -0.1) is 0 Å². The summed E-state index contributed by atoms with van der Waals surface area (Å²) in [7, 11) is 0. The number of hydrogen-bond donors (Lipinski definition) is 1. The van der Waals surface area contributed by atoms with E-state index in [1.165, 1.54) is 0 Å². The van der Waals surface area contributed by atoms with Crippen LogP contribution in [0.25, 0.3) is 10.9 Å². The third-order valence-electron chi connectivity index (χ3n) is 2.82. The molecule has 0 saturated heterocycles. The summed E-state index contributed by atoms with van der Waals surface area (Å²) in [6.07, 6.45) is 4.90. The van der Waals surface area contributed by atoms with Gasteiger partial charge in [0.05, 0.1) is 11.2 Å². The molecule has 0 spiro atoms. The molecule has 4 nitrogen and oxygen atoms in total. The first-order valence-corrected chi connectivity index (χ1v) is 5.90. The molecule has 3 rings (SSSR count). The zero-order valence-corrected chi connectivity index (χ0v) is 10.1. The third-order valence-corrected chi connectivity index (χ3v) is 2.82. The van der Waals surface area contributed by atoms with Gasteiger partial charge >= 0.3 is 0 Å². The normalized spacial score (nSPS) is 10.3. The summed E-state index contributed by atoms with van der Waals surface area (Å²) >= 11 is 0. The number of carbonyl (C=O) groups is 1. The minimum absolute atomic E-state index is 0.166. The molecule has 0 aliphatic heterocycles. The summed E-state index contributed by atoms with van der Waals surface area (Å²) in [6.45, 7) is 0. The molecule has 0 fully saturated rings. The fraction of sp³-hybridized carbons (Fsp3) is 0. The van der Waals surface area contributed by atoms with Crippen molar-refractivity contribution in [3.63, 3.8) is 0 Å². The van der Waals surface area contributed by atoms with Gasteiger partial charge in [-0.1, -0.05) is 18.2 Å². The summed E-state index contributed by atoms with van der Waals surface area (Å²) in [5.41, 5.74) is 2.07. The average molecular weight is 249 g/mol. The fourth-order valence-corrected chi connectivity index (χ4v) is 1.90. The number of carbonyl (C=O) groups excluding carboxylic acids is 1. The van der Waals surface area contributed by atoms with Crippen LogP contribution in [-0.2, 0) is 0 Å². The van der Waals surface area contributed by atoms with E-state index in [0.29, 0.717) is 11.3 Å². The number of rotatable bonds is 2. The monoisotopic (exact) mass is 249 g/mol. The minimum Gasteiger partial charge on any atom is -0.320 e. The van der Waals surface area contributed by atoms with E-state index in [4.69, 9.17) is 0 Å². The number of fused-ring (bicyclic) bond motifs is 1. The van der Waals surface area contributed by atoms with Crippen molar-refractivity contribution in [1.82, 2.24) is 9.97 Å². The summed E-state index contributed by atoms with van der Waals surface area (Å²) < 4.78 is 0. The second-order valence-electron chi connectivity index (χ2n) is 4.07. The van der Waals surface area contributed by atoms with Crippen molar-refractivity contribution in [3.8, 4) is 0 Å². The first-order chi connectivity index (χ1) is 9.34. The highest BCUT2D eigenvalue weighted by atomic mass is 16.1. The number of para-hydroxylation sites is 1. The molecule has 1 N–H and O–H groups in total. The molecule has 0 atom stereocenters. The zero-order valence-electron chi connectivity index (χ0n) is 10.1. The molecule has 2 heterocycles. The Morgan fingerprint density at radius 2 is 1.74 bits per heavy atom. The van der Waals surface area contributed by atoms with E-state index in [-0.39, 0.29) is 5.91 Å². The Morgan fingerprint density at radius 3 is 2.58 bits per heavy atom. The smallest absolute Gasteiger partial charge is 0.255 e. The van der Waals surface area contributed by atoms with E-state index in [9.17, 15) is 4.79 Å². The maximum atomic E-state index is 12.1. The first kappa shape index (κ1) is 11.3. The summed E-state index contributed by atoms with van der Waals surface area (Å²) in [5, 5.41) is 3.87.